The van der Waals surface area contributed by atoms with Crippen molar-refractivity contribution in [2.24, 2.45) is 5.92 Å². The lowest BCUT2D eigenvalue weighted by atomic mass is 9.83. The SMILES string of the molecule is CC(C)=Cc1cc2n(c(=O)c1)CC1C[C@H]2CN(C(=O)OC(C)(C)C)C1. The van der Waals surface area contributed by atoms with E-state index in [-0.39, 0.29) is 17.6 Å². The van der Waals surface area contributed by atoms with E-state index in [2.05, 4.69) is 6.07 Å². The van der Waals surface area contributed by atoms with E-state index in [9.17, 15) is 9.59 Å². The van der Waals surface area contributed by atoms with Crippen LogP contribution in [0.3, 0.4) is 0 Å². The molecule has 2 bridgehead atoms. The first-order valence-electron chi connectivity index (χ1n) is 9.00. The van der Waals surface area contributed by atoms with Crippen LogP contribution in [0.1, 0.15) is 58.2 Å². The number of rotatable bonds is 1. The van der Waals surface area contributed by atoms with E-state index >= 15 is 0 Å². The number of amides is 1. The van der Waals surface area contributed by atoms with Gasteiger partial charge in [-0.25, -0.2) is 4.79 Å². The maximum atomic E-state index is 12.5. The standard InChI is InChI=1S/C20H28N2O3/c1-13(2)6-14-8-17-16-7-15(11-22(17)18(23)9-14)10-21(12-16)19(24)25-20(3,4)5/h6,8-9,15-16H,7,10-12H2,1-5H3/t15?,16-/m0/s1. The zero-order valence-corrected chi connectivity index (χ0v) is 15.8. The molecule has 0 radical (unpaired) electrons. The molecule has 1 fully saturated rings. The van der Waals surface area contributed by atoms with Gasteiger partial charge in [-0.1, -0.05) is 11.6 Å². The molecule has 1 aromatic heterocycles. The fourth-order valence-corrected chi connectivity index (χ4v) is 3.87. The number of hydrogen-bond donors (Lipinski definition) is 0. The van der Waals surface area contributed by atoms with Gasteiger partial charge < -0.3 is 14.2 Å². The number of ether oxygens (including phenoxy) is 1. The summed E-state index contributed by atoms with van der Waals surface area (Å²) >= 11 is 0. The zero-order valence-electron chi connectivity index (χ0n) is 15.8. The van der Waals surface area contributed by atoms with E-state index in [1.54, 1.807) is 6.07 Å². The highest BCUT2D eigenvalue weighted by molar-refractivity contribution is 5.68. The number of carbonyl (C=O) groups is 1. The highest BCUT2D eigenvalue weighted by Crippen LogP contribution is 2.36. The summed E-state index contributed by atoms with van der Waals surface area (Å²) in [6, 6.07) is 3.82. The number of hydrogen-bond acceptors (Lipinski definition) is 3. The molecule has 2 aliphatic rings. The summed E-state index contributed by atoms with van der Waals surface area (Å²) in [5, 5.41) is 0. The topological polar surface area (TPSA) is 51.5 Å². The number of allylic oxidation sites excluding steroid dienone is 1. The normalized spacial score (nSPS) is 22.2. The molecule has 1 amide bonds. The van der Waals surface area contributed by atoms with Crippen LogP contribution in [0.25, 0.3) is 6.08 Å². The summed E-state index contributed by atoms with van der Waals surface area (Å²) in [5.41, 5.74) is 2.73. The van der Waals surface area contributed by atoms with Crippen molar-refractivity contribution in [3.05, 3.63) is 39.3 Å². The molecule has 1 aromatic rings. The first-order valence-corrected chi connectivity index (χ1v) is 9.00. The first kappa shape index (κ1) is 17.8. The Hall–Kier alpha value is -2.04. The van der Waals surface area contributed by atoms with Crippen molar-refractivity contribution in [3.8, 4) is 0 Å². The van der Waals surface area contributed by atoms with E-state index < -0.39 is 5.60 Å². The molecule has 2 aliphatic heterocycles. The predicted octanol–water partition coefficient (Wildman–Crippen LogP) is 3.63. The second kappa shape index (κ2) is 6.36. The quantitative estimate of drug-likeness (QED) is 0.782. The van der Waals surface area contributed by atoms with Crippen LogP contribution in [-0.2, 0) is 11.3 Å². The second-order valence-corrected chi connectivity index (χ2v) is 8.57. The van der Waals surface area contributed by atoms with Crippen LogP contribution in [0, 0.1) is 5.92 Å². The van der Waals surface area contributed by atoms with Gasteiger partial charge >= 0.3 is 6.09 Å². The van der Waals surface area contributed by atoms with Crippen molar-refractivity contribution in [3.63, 3.8) is 0 Å². The molecular formula is C20H28N2O3. The molecule has 5 nitrogen and oxygen atoms in total. The highest BCUT2D eigenvalue weighted by atomic mass is 16.6. The third kappa shape index (κ3) is 3.97. The first-order chi connectivity index (χ1) is 11.6. The molecule has 1 saturated heterocycles. The number of pyridine rings is 1. The molecular weight excluding hydrogens is 316 g/mol. The number of carbonyl (C=O) groups excluding carboxylic acids is 1. The number of nitrogens with zero attached hydrogens (tertiary/aromatic N) is 2. The second-order valence-electron chi connectivity index (χ2n) is 8.57. The van der Waals surface area contributed by atoms with Gasteiger partial charge in [-0.2, -0.15) is 0 Å². The number of fused-ring (bicyclic) bond motifs is 4. The maximum Gasteiger partial charge on any atom is 0.410 e. The van der Waals surface area contributed by atoms with Gasteiger partial charge in [0.15, 0.2) is 0 Å². The Morgan fingerprint density at radius 3 is 2.56 bits per heavy atom. The van der Waals surface area contributed by atoms with Gasteiger partial charge in [-0.3, -0.25) is 4.79 Å². The van der Waals surface area contributed by atoms with E-state index in [0.717, 1.165) is 23.3 Å². The van der Waals surface area contributed by atoms with Crippen LogP contribution in [0.15, 0.2) is 22.5 Å². The van der Waals surface area contributed by atoms with E-state index in [1.165, 1.54) is 0 Å². The molecule has 3 heterocycles. The Kier molecular flexibility index (Phi) is 4.52. The lowest BCUT2D eigenvalue weighted by Crippen LogP contribution is -2.50. The Bertz CT molecular complexity index is 766. The lowest BCUT2D eigenvalue weighted by Gasteiger charge is -2.43. The zero-order chi connectivity index (χ0) is 18.4. The Labute approximate surface area is 149 Å². The van der Waals surface area contributed by atoms with Crippen LogP contribution in [0.5, 0.6) is 0 Å². The van der Waals surface area contributed by atoms with E-state index in [4.69, 9.17) is 4.74 Å². The minimum atomic E-state index is -0.491. The van der Waals surface area contributed by atoms with Crippen molar-refractivity contribution in [1.82, 2.24) is 9.47 Å². The highest BCUT2D eigenvalue weighted by Gasteiger charge is 2.37. The van der Waals surface area contributed by atoms with Crippen molar-refractivity contribution >= 4 is 12.2 Å². The predicted molar refractivity (Wildman–Crippen MR) is 98.7 cm³/mol. The molecule has 3 rings (SSSR count). The monoisotopic (exact) mass is 344 g/mol. The third-order valence-electron chi connectivity index (χ3n) is 4.69. The molecule has 25 heavy (non-hydrogen) atoms. The van der Waals surface area contributed by atoms with Gasteiger partial charge in [0.05, 0.1) is 0 Å². The molecule has 0 aromatic carbocycles. The summed E-state index contributed by atoms with van der Waals surface area (Å²) in [6.45, 7) is 11.7. The average Bonchev–Trinajstić information content (AvgIpc) is 2.46. The molecule has 2 atom stereocenters. The fourth-order valence-electron chi connectivity index (χ4n) is 3.87. The van der Waals surface area contributed by atoms with Crippen LogP contribution >= 0.6 is 0 Å². The van der Waals surface area contributed by atoms with Crippen molar-refractivity contribution < 1.29 is 9.53 Å². The van der Waals surface area contributed by atoms with Crippen LogP contribution in [0.2, 0.25) is 0 Å². The van der Waals surface area contributed by atoms with Gasteiger partial charge in [0, 0.05) is 37.3 Å². The van der Waals surface area contributed by atoms with Crippen molar-refractivity contribution in [1.29, 1.82) is 0 Å². The van der Waals surface area contributed by atoms with E-state index in [1.807, 2.05) is 50.2 Å². The Morgan fingerprint density at radius 1 is 1.20 bits per heavy atom. The van der Waals surface area contributed by atoms with Gasteiger partial charge in [0.25, 0.3) is 5.56 Å². The van der Waals surface area contributed by atoms with Crippen LogP contribution < -0.4 is 5.56 Å². The van der Waals surface area contributed by atoms with Gasteiger partial charge in [0.1, 0.15) is 5.60 Å². The number of piperidine rings is 1. The molecule has 5 heteroatoms. The number of aromatic nitrogens is 1. The minimum Gasteiger partial charge on any atom is -0.444 e. The van der Waals surface area contributed by atoms with Crippen molar-refractivity contribution in [2.45, 2.75) is 59.1 Å². The minimum absolute atomic E-state index is 0.0606. The van der Waals surface area contributed by atoms with Gasteiger partial charge in [-0.15, -0.1) is 0 Å². The van der Waals surface area contributed by atoms with E-state index in [0.29, 0.717) is 25.6 Å². The van der Waals surface area contributed by atoms with Gasteiger partial charge in [-0.05, 0) is 58.6 Å². The number of likely N-dealkylation sites (tertiary alicyclic amines) is 1. The largest absolute Gasteiger partial charge is 0.444 e. The van der Waals surface area contributed by atoms with Crippen LogP contribution in [-0.4, -0.2) is 34.3 Å². The Morgan fingerprint density at radius 2 is 1.92 bits per heavy atom. The Balaban J connectivity index is 1.89. The summed E-state index contributed by atoms with van der Waals surface area (Å²) < 4.78 is 7.44. The fraction of sp³-hybridized carbons (Fsp3) is 0.600. The lowest BCUT2D eigenvalue weighted by molar-refractivity contribution is 0.0102. The molecule has 136 valence electrons. The summed E-state index contributed by atoms with van der Waals surface area (Å²) in [4.78, 5) is 26.8. The molecule has 0 saturated carbocycles. The summed E-state index contributed by atoms with van der Waals surface area (Å²) in [5.74, 6) is 0.504. The summed E-state index contributed by atoms with van der Waals surface area (Å²) in [7, 11) is 0. The molecule has 0 N–H and O–H groups in total. The average molecular weight is 344 g/mol. The molecule has 0 aliphatic carbocycles. The summed E-state index contributed by atoms with van der Waals surface area (Å²) in [6.07, 6.45) is 2.80. The maximum absolute atomic E-state index is 12.5. The third-order valence-corrected chi connectivity index (χ3v) is 4.69. The van der Waals surface area contributed by atoms with Crippen molar-refractivity contribution in [2.75, 3.05) is 13.1 Å². The smallest absolute Gasteiger partial charge is 0.410 e. The van der Waals surface area contributed by atoms with Crippen LogP contribution in [0.4, 0.5) is 4.79 Å². The molecule has 1 unspecified atom stereocenters. The molecule has 0 spiro atoms. The van der Waals surface area contributed by atoms with Gasteiger partial charge in [0.2, 0.25) is 0 Å².